The van der Waals surface area contributed by atoms with E-state index in [-0.39, 0.29) is 6.10 Å². The van der Waals surface area contributed by atoms with Gasteiger partial charge in [0.2, 0.25) is 11.8 Å². The van der Waals surface area contributed by atoms with Crippen molar-refractivity contribution in [1.29, 1.82) is 0 Å². The van der Waals surface area contributed by atoms with Crippen molar-refractivity contribution in [2.75, 3.05) is 0 Å². The highest BCUT2D eigenvalue weighted by molar-refractivity contribution is 5.47. The Morgan fingerprint density at radius 1 is 0.839 bits per heavy atom. The van der Waals surface area contributed by atoms with Gasteiger partial charge in [0.05, 0.1) is 6.20 Å². The number of benzene rings is 2. The first-order valence-corrected chi connectivity index (χ1v) is 9.64. The van der Waals surface area contributed by atoms with Gasteiger partial charge in [0, 0.05) is 13.0 Å². The highest BCUT2D eigenvalue weighted by atomic mass is 16.7. The van der Waals surface area contributed by atoms with Crippen LogP contribution in [-0.2, 0) is 4.84 Å². The van der Waals surface area contributed by atoms with Crippen LogP contribution in [0.3, 0.4) is 0 Å². The summed E-state index contributed by atoms with van der Waals surface area (Å²) in [6.07, 6.45) is 3.15. The topological polar surface area (TPSA) is 91.5 Å². The number of hydrogen-bond donors (Lipinski definition) is 1. The van der Waals surface area contributed by atoms with Gasteiger partial charge >= 0.3 is 0 Å². The summed E-state index contributed by atoms with van der Waals surface area (Å²) in [7, 11) is 0. The number of pyridine rings is 1. The fourth-order valence-electron chi connectivity index (χ4n) is 2.99. The number of aryl methyl sites for hydroxylation is 1. The highest BCUT2D eigenvalue weighted by Crippen LogP contribution is 2.29. The molecule has 0 saturated carbocycles. The Labute approximate surface area is 178 Å². The number of para-hydroxylation sites is 1. The zero-order valence-electron chi connectivity index (χ0n) is 16.6. The third kappa shape index (κ3) is 4.39. The lowest BCUT2D eigenvalue weighted by molar-refractivity contribution is 0.0273. The van der Waals surface area contributed by atoms with E-state index >= 15 is 0 Å². The number of hydrogen-bond acceptors (Lipinski definition) is 8. The first-order valence-electron chi connectivity index (χ1n) is 9.64. The summed E-state index contributed by atoms with van der Waals surface area (Å²) in [6, 6.07) is 20.9. The molecule has 1 aliphatic heterocycles. The molecule has 1 aliphatic rings. The Morgan fingerprint density at radius 2 is 1.61 bits per heavy atom. The van der Waals surface area contributed by atoms with Gasteiger partial charge in [-0.3, -0.25) is 4.84 Å². The van der Waals surface area contributed by atoms with Crippen LogP contribution in [0.4, 0.5) is 0 Å². The van der Waals surface area contributed by atoms with E-state index in [0.29, 0.717) is 29.1 Å². The smallest absolute Gasteiger partial charge is 0.266 e. The number of ether oxygens (including phenoxy) is 2. The summed E-state index contributed by atoms with van der Waals surface area (Å²) in [5.74, 6) is 3.43. The first kappa shape index (κ1) is 18.8. The summed E-state index contributed by atoms with van der Waals surface area (Å²) in [4.78, 5) is 9.91. The first-order chi connectivity index (χ1) is 15.2. The molecule has 5 rings (SSSR count). The third-order valence-electron chi connectivity index (χ3n) is 4.49. The minimum absolute atomic E-state index is 0.283. The SMILES string of the molecule is Cc1nnc(-c2ccc(OC3=C[C@H](c4ccc(Oc5ccccc5)cc4)ON3)cn2)o1. The van der Waals surface area contributed by atoms with Crippen LogP contribution in [0.1, 0.15) is 17.6 Å². The monoisotopic (exact) mass is 414 g/mol. The second-order valence-corrected chi connectivity index (χ2v) is 6.76. The molecule has 0 bridgehead atoms. The van der Waals surface area contributed by atoms with E-state index < -0.39 is 0 Å². The number of rotatable bonds is 6. The molecule has 1 N–H and O–H groups in total. The van der Waals surface area contributed by atoms with E-state index in [0.717, 1.165) is 17.1 Å². The van der Waals surface area contributed by atoms with Crippen molar-refractivity contribution >= 4 is 0 Å². The highest BCUT2D eigenvalue weighted by Gasteiger charge is 2.20. The molecule has 1 atom stereocenters. The van der Waals surface area contributed by atoms with Crippen LogP contribution in [0.2, 0.25) is 0 Å². The van der Waals surface area contributed by atoms with Crippen LogP contribution in [0.5, 0.6) is 17.2 Å². The molecule has 154 valence electrons. The van der Waals surface area contributed by atoms with Crippen molar-refractivity contribution < 1.29 is 18.7 Å². The van der Waals surface area contributed by atoms with Gasteiger partial charge < -0.3 is 13.9 Å². The van der Waals surface area contributed by atoms with Crippen molar-refractivity contribution in [2.24, 2.45) is 0 Å². The van der Waals surface area contributed by atoms with E-state index in [4.69, 9.17) is 18.7 Å². The number of nitrogens with one attached hydrogen (secondary N) is 1. The van der Waals surface area contributed by atoms with Crippen molar-refractivity contribution in [3.63, 3.8) is 0 Å². The second-order valence-electron chi connectivity index (χ2n) is 6.76. The fraction of sp³-hybridized carbons (Fsp3) is 0.0870. The molecule has 0 unspecified atom stereocenters. The predicted octanol–water partition coefficient (Wildman–Crippen LogP) is 4.73. The van der Waals surface area contributed by atoms with Gasteiger partial charge in [0.1, 0.15) is 29.0 Å². The van der Waals surface area contributed by atoms with Gasteiger partial charge in [-0.15, -0.1) is 10.2 Å². The summed E-state index contributed by atoms with van der Waals surface area (Å²) >= 11 is 0. The number of nitrogens with zero attached hydrogens (tertiary/aromatic N) is 3. The molecule has 0 amide bonds. The second kappa shape index (κ2) is 8.29. The van der Waals surface area contributed by atoms with E-state index in [9.17, 15) is 0 Å². The van der Waals surface area contributed by atoms with Gasteiger partial charge in [-0.05, 0) is 42.0 Å². The lowest BCUT2D eigenvalue weighted by Crippen LogP contribution is -2.12. The van der Waals surface area contributed by atoms with Crippen LogP contribution in [0.15, 0.2) is 89.3 Å². The summed E-state index contributed by atoms with van der Waals surface area (Å²) < 4.78 is 17.0. The summed E-state index contributed by atoms with van der Waals surface area (Å²) in [5.41, 5.74) is 4.34. The minimum atomic E-state index is -0.283. The molecule has 31 heavy (non-hydrogen) atoms. The lowest BCUT2D eigenvalue weighted by Gasteiger charge is -2.09. The lowest BCUT2D eigenvalue weighted by atomic mass is 10.1. The molecule has 0 saturated heterocycles. The molecule has 0 spiro atoms. The molecule has 2 aromatic heterocycles. The molecule has 8 heteroatoms. The maximum Gasteiger partial charge on any atom is 0.266 e. The van der Waals surface area contributed by atoms with Crippen LogP contribution in [0.25, 0.3) is 11.6 Å². The Bertz CT molecular complexity index is 1190. The van der Waals surface area contributed by atoms with Gasteiger partial charge in [-0.25, -0.2) is 10.5 Å². The quantitative estimate of drug-likeness (QED) is 0.484. The van der Waals surface area contributed by atoms with E-state index in [2.05, 4.69) is 20.7 Å². The predicted molar refractivity (Wildman–Crippen MR) is 111 cm³/mol. The van der Waals surface area contributed by atoms with Gasteiger partial charge in [-0.2, -0.15) is 0 Å². The normalized spacial score (nSPS) is 15.3. The molecule has 0 fully saturated rings. The average molecular weight is 414 g/mol. The van der Waals surface area contributed by atoms with Crippen molar-refractivity contribution in [3.05, 3.63) is 96.3 Å². The van der Waals surface area contributed by atoms with Gasteiger partial charge in [0.15, 0.2) is 0 Å². The molecule has 2 aromatic carbocycles. The van der Waals surface area contributed by atoms with Crippen molar-refractivity contribution in [2.45, 2.75) is 13.0 Å². The maximum atomic E-state index is 5.82. The van der Waals surface area contributed by atoms with Crippen molar-refractivity contribution in [1.82, 2.24) is 20.7 Å². The molecule has 4 aromatic rings. The summed E-state index contributed by atoms with van der Waals surface area (Å²) in [5, 5.41) is 7.75. The van der Waals surface area contributed by atoms with Crippen LogP contribution < -0.4 is 15.0 Å². The molecular formula is C23H18N4O4. The Hall–Kier alpha value is -4.17. The standard InChI is InChI=1S/C23H18N4O4/c1-15-25-26-23(28-15)20-12-11-19(14-24-20)30-22-13-21(31-27-22)16-7-9-18(10-8-16)29-17-5-3-2-4-6-17/h2-14,21,27H,1H3/t21-/m1/s1. The molecule has 3 heterocycles. The van der Waals surface area contributed by atoms with Crippen LogP contribution in [-0.4, -0.2) is 15.2 Å². The molecular weight excluding hydrogens is 396 g/mol. The molecule has 8 nitrogen and oxygen atoms in total. The number of hydroxylamine groups is 1. The largest absolute Gasteiger partial charge is 0.457 e. The van der Waals surface area contributed by atoms with E-state index in [1.54, 1.807) is 25.3 Å². The van der Waals surface area contributed by atoms with Crippen LogP contribution >= 0.6 is 0 Å². The molecule has 0 aliphatic carbocycles. The number of aromatic nitrogens is 3. The fourth-order valence-corrected chi connectivity index (χ4v) is 2.99. The zero-order chi connectivity index (χ0) is 21.0. The third-order valence-corrected chi connectivity index (χ3v) is 4.49. The molecule has 0 radical (unpaired) electrons. The minimum Gasteiger partial charge on any atom is -0.457 e. The maximum absolute atomic E-state index is 5.82. The zero-order valence-corrected chi connectivity index (χ0v) is 16.6. The Kier molecular flexibility index (Phi) is 5.04. The Morgan fingerprint density at radius 3 is 2.32 bits per heavy atom. The van der Waals surface area contributed by atoms with Gasteiger partial charge in [0.25, 0.3) is 5.89 Å². The van der Waals surface area contributed by atoms with E-state index in [1.165, 1.54) is 0 Å². The van der Waals surface area contributed by atoms with Crippen molar-refractivity contribution in [3.8, 4) is 28.8 Å². The van der Waals surface area contributed by atoms with Gasteiger partial charge in [-0.1, -0.05) is 30.3 Å². The Balaban J connectivity index is 1.22. The summed E-state index contributed by atoms with van der Waals surface area (Å²) in [6.45, 7) is 1.73. The average Bonchev–Trinajstić information content (AvgIpc) is 3.45. The van der Waals surface area contributed by atoms with Crippen LogP contribution in [0, 0.1) is 6.92 Å². The van der Waals surface area contributed by atoms with E-state index in [1.807, 2.05) is 60.7 Å².